The molecule has 2 N–H and O–H groups in total. The molecule has 23 heavy (non-hydrogen) atoms. The van der Waals surface area contributed by atoms with E-state index in [0.717, 1.165) is 12.8 Å². The highest BCUT2D eigenvalue weighted by Gasteiger charge is 2.44. The van der Waals surface area contributed by atoms with E-state index in [1.165, 1.54) is 11.1 Å². The van der Waals surface area contributed by atoms with E-state index in [9.17, 15) is 4.79 Å². The summed E-state index contributed by atoms with van der Waals surface area (Å²) in [4.78, 5) is 12.1. The van der Waals surface area contributed by atoms with Crippen LogP contribution in [0.15, 0.2) is 42.5 Å². The summed E-state index contributed by atoms with van der Waals surface area (Å²) in [6, 6.07) is 13.3. The number of aryl methyl sites for hydroxylation is 1. The average Bonchev–Trinajstić information content (AvgIpc) is 3.31. The molecule has 0 bridgehead atoms. The molecule has 0 spiro atoms. The van der Waals surface area contributed by atoms with Crippen molar-refractivity contribution in [2.45, 2.75) is 25.2 Å². The van der Waals surface area contributed by atoms with Gasteiger partial charge in [-0.05, 0) is 37.5 Å². The second-order valence-corrected chi connectivity index (χ2v) is 6.87. The number of hydrogen-bond donors (Lipinski definition) is 2. The lowest BCUT2D eigenvalue weighted by Gasteiger charge is -2.18. The summed E-state index contributed by atoms with van der Waals surface area (Å²) < 4.78 is 0. The van der Waals surface area contributed by atoms with Crippen molar-refractivity contribution < 1.29 is 4.79 Å². The molecule has 0 unspecified atom stereocenters. The number of benzene rings is 2. The van der Waals surface area contributed by atoms with Crippen molar-refractivity contribution in [3.8, 4) is 0 Å². The summed E-state index contributed by atoms with van der Waals surface area (Å²) in [6.07, 6.45) is 2.17. The molecule has 5 heteroatoms. The summed E-state index contributed by atoms with van der Waals surface area (Å²) in [5.74, 6) is 0. The minimum Gasteiger partial charge on any atom is -0.337 e. The van der Waals surface area contributed by atoms with E-state index in [4.69, 9.17) is 23.2 Å². The molecule has 2 amide bonds. The van der Waals surface area contributed by atoms with Gasteiger partial charge >= 0.3 is 6.03 Å². The predicted molar refractivity (Wildman–Crippen MR) is 95.6 cm³/mol. The van der Waals surface area contributed by atoms with Gasteiger partial charge in [0.1, 0.15) is 0 Å². The van der Waals surface area contributed by atoms with E-state index in [-0.39, 0.29) is 11.4 Å². The zero-order chi connectivity index (χ0) is 16.4. The number of hydrogen-bond acceptors (Lipinski definition) is 1. The Kier molecular flexibility index (Phi) is 4.51. The average molecular weight is 349 g/mol. The lowest BCUT2D eigenvalue weighted by Crippen LogP contribution is -2.35. The molecule has 1 aliphatic carbocycles. The maximum Gasteiger partial charge on any atom is 0.319 e. The zero-order valence-electron chi connectivity index (χ0n) is 12.8. The second kappa shape index (κ2) is 6.42. The fourth-order valence-electron chi connectivity index (χ4n) is 2.65. The third-order valence-electron chi connectivity index (χ3n) is 4.31. The molecule has 0 aromatic heterocycles. The van der Waals surface area contributed by atoms with Crippen molar-refractivity contribution in [3.05, 3.63) is 63.6 Å². The zero-order valence-corrected chi connectivity index (χ0v) is 14.3. The van der Waals surface area contributed by atoms with Crippen LogP contribution in [0.1, 0.15) is 24.0 Å². The van der Waals surface area contributed by atoms with Crippen LogP contribution in [0.3, 0.4) is 0 Å². The molecule has 1 saturated carbocycles. The van der Waals surface area contributed by atoms with Gasteiger partial charge in [0.2, 0.25) is 0 Å². The van der Waals surface area contributed by atoms with Crippen molar-refractivity contribution in [2.24, 2.45) is 0 Å². The fraction of sp³-hybridized carbons (Fsp3) is 0.278. The number of nitrogens with one attached hydrogen (secondary N) is 2. The monoisotopic (exact) mass is 348 g/mol. The molecular weight excluding hydrogens is 331 g/mol. The smallest absolute Gasteiger partial charge is 0.319 e. The lowest BCUT2D eigenvalue weighted by molar-refractivity contribution is 0.251. The molecule has 0 aliphatic heterocycles. The van der Waals surface area contributed by atoms with Crippen molar-refractivity contribution >= 4 is 34.9 Å². The predicted octanol–water partition coefficient (Wildman–Crippen LogP) is 5.16. The summed E-state index contributed by atoms with van der Waals surface area (Å²) in [6.45, 7) is 2.67. The van der Waals surface area contributed by atoms with E-state index < -0.39 is 0 Å². The number of halogens is 2. The van der Waals surface area contributed by atoms with Gasteiger partial charge in [-0.3, -0.25) is 0 Å². The standard InChI is InChI=1S/C18H18Cl2N2O/c1-12-5-7-13(8-6-12)18(9-10-18)11-21-17(23)22-16-14(19)3-2-4-15(16)20/h2-8H,9-11H2,1H3,(H2,21,22,23). The van der Waals surface area contributed by atoms with E-state index in [1.54, 1.807) is 18.2 Å². The van der Waals surface area contributed by atoms with E-state index >= 15 is 0 Å². The van der Waals surface area contributed by atoms with E-state index in [0.29, 0.717) is 22.3 Å². The van der Waals surface area contributed by atoms with Gasteiger partial charge in [0.15, 0.2) is 0 Å². The van der Waals surface area contributed by atoms with Crippen LogP contribution in [-0.2, 0) is 5.41 Å². The van der Waals surface area contributed by atoms with Crippen LogP contribution in [-0.4, -0.2) is 12.6 Å². The number of urea groups is 1. The Morgan fingerprint density at radius 2 is 1.70 bits per heavy atom. The molecular formula is C18H18Cl2N2O. The summed E-state index contributed by atoms with van der Waals surface area (Å²) in [7, 11) is 0. The molecule has 3 nitrogen and oxygen atoms in total. The molecule has 120 valence electrons. The van der Waals surface area contributed by atoms with Gasteiger partial charge in [-0.1, -0.05) is 59.1 Å². The minimum absolute atomic E-state index is 0.0648. The van der Waals surface area contributed by atoms with Gasteiger partial charge in [0, 0.05) is 12.0 Å². The van der Waals surface area contributed by atoms with Crippen LogP contribution in [0.5, 0.6) is 0 Å². The van der Waals surface area contributed by atoms with E-state index in [2.05, 4.69) is 41.8 Å². The number of carbonyl (C=O) groups is 1. The Morgan fingerprint density at radius 3 is 2.26 bits per heavy atom. The quantitative estimate of drug-likeness (QED) is 0.787. The van der Waals surface area contributed by atoms with Crippen LogP contribution in [0.25, 0.3) is 0 Å². The second-order valence-electron chi connectivity index (χ2n) is 6.05. The number of anilines is 1. The van der Waals surface area contributed by atoms with Gasteiger partial charge in [0.05, 0.1) is 15.7 Å². The maximum absolute atomic E-state index is 12.1. The first-order chi connectivity index (χ1) is 11.0. The first-order valence-electron chi connectivity index (χ1n) is 7.56. The van der Waals surface area contributed by atoms with Crippen LogP contribution in [0, 0.1) is 6.92 Å². The van der Waals surface area contributed by atoms with Gasteiger partial charge < -0.3 is 10.6 Å². The third-order valence-corrected chi connectivity index (χ3v) is 4.94. The number of carbonyl (C=O) groups excluding carboxylic acids is 1. The topological polar surface area (TPSA) is 41.1 Å². The summed E-state index contributed by atoms with van der Waals surface area (Å²) >= 11 is 12.1. The van der Waals surface area contributed by atoms with Crippen molar-refractivity contribution in [1.29, 1.82) is 0 Å². The Morgan fingerprint density at radius 1 is 1.09 bits per heavy atom. The Bertz CT molecular complexity index is 704. The van der Waals surface area contributed by atoms with Gasteiger partial charge in [-0.15, -0.1) is 0 Å². The molecule has 0 atom stereocenters. The maximum atomic E-state index is 12.1. The molecule has 3 rings (SSSR count). The molecule has 0 heterocycles. The summed E-state index contributed by atoms with van der Waals surface area (Å²) in [5.41, 5.74) is 3.02. The van der Waals surface area contributed by atoms with Crippen molar-refractivity contribution in [2.75, 3.05) is 11.9 Å². The largest absolute Gasteiger partial charge is 0.337 e. The normalized spacial score (nSPS) is 15.1. The highest BCUT2D eigenvalue weighted by atomic mass is 35.5. The molecule has 0 saturated heterocycles. The highest BCUT2D eigenvalue weighted by molar-refractivity contribution is 6.39. The Hall–Kier alpha value is -1.71. The molecule has 1 fully saturated rings. The Balaban J connectivity index is 1.62. The number of amides is 2. The molecule has 2 aromatic carbocycles. The van der Waals surface area contributed by atoms with Gasteiger partial charge in [-0.2, -0.15) is 0 Å². The van der Waals surface area contributed by atoms with Gasteiger partial charge in [-0.25, -0.2) is 4.79 Å². The highest BCUT2D eigenvalue weighted by Crippen LogP contribution is 2.47. The third kappa shape index (κ3) is 3.62. The molecule has 2 aromatic rings. The first kappa shape index (κ1) is 16.2. The van der Waals surface area contributed by atoms with Crippen LogP contribution in [0.4, 0.5) is 10.5 Å². The minimum atomic E-state index is -0.293. The number of para-hydroxylation sites is 1. The first-order valence-corrected chi connectivity index (χ1v) is 8.32. The number of rotatable bonds is 4. The SMILES string of the molecule is Cc1ccc(C2(CNC(=O)Nc3c(Cl)cccc3Cl)CC2)cc1. The molecule has 0 radical (unpaired) electrons. The van der Waals surface area contributed by atoms with Gasteiger partial charge in [0.25, 0.3) is 0 Å². The fourth-order valence-corrected chi connectivity index (χ4v) is 3.14. The van der Waals surface area contributed by atoms with Crippen molar-refractivity contribution in [3.63, 3.8) is 0 Å². The summed E-state index contributed by atoms with van der Waals surface area (Å²) in [5, 5.41) is 6.51. The van der Waals surface area contributed by atoms with Crippen LogP contribution >= 0.6 is 23.2 Å². The van der Waals surface area contributed by atoms with E-state index in [1.807, 2.05) is 0 Å². The van der Waals surface area contributed by atoms with Crippen LogP contribution < -0.4 is 10.6 Å². The molecule has 1 aliphatic rings. The lowest BCUT2D eigenvalue weighted by atomic mass is 9.95. The van der Waals surface area contributed by atoms with Crippen molar-refractivity contribution in [1.82, 2.24) is 5.32 Å². The Labute approximate surface area is 146 Å². The van der Waals surface area contributed by atoms with Crippen LogP contribution in [0.2, 0.25) is 10.0 Å².